The number of rotatable bonds is 8. The van der Waals surface area contributed by atoms with E-state index >= 15 is 0 Å². The predicted molar refractivity (Wildman–Crippen MR) is 117 cm³/mol. The molecule has 0 unspecified atom stereocenters. The lowest BCUT2D eigenvalue weighted by Gasteiger charge is -2.34. The van der Waals surface area contributed by atoms with Gasteiger partial charge in [-0.05, 0) is 17.7 Å². The molecule has 0 saturated carbocycles. The third-order valence-corrected chi connectivity index (χ3v) is 5.04. The SMILES string of the molecule is COc1ccc(OC)c(NCC(=O)N2CCN(C/C=C/c3ccccc3)CC2)c1. The van der Waals surface area contributed by atoms with Gasteiger partial charge in [0.1, 0.15) is 11.5 Å². The normalized spacial score (nSPS) is 14.8. The van der Waals surface area contributed by atoms with Crippen LogP contribution in [0.1, 0.15) is 5.56 Å². The number of hydrogen-bond donors (Lipinski definition) is 1. The van der Waals surface area contributed by atoms with Crippen LogP contribution in [0.25, 0.3) is 6.08 Å². The van der Waals surface area contributed by atoms with Crippen molar-refractivity contribution in [3.63, 3.8) is 0 Å². The van der Waals surface area contributed by atoms with Crippen molar-refractivity contribution in [2.24, 2.45) is 0 Å². The van der Waals surface area contributed by atoms with E-state index in [1.807, 2.05) is 41.3 Å². The minimum atomic E-state index is 0.0920. The number of nitrogens with zero attached hydrogens (tertiary/aromatic N) is 2. The lowest BCUT2D eigenvalue weighted by Crippen LogP contribution is -2.50. The molecule has 29 heavy (non-hydrogen) atoms. The van der Waals surface area contributed by atoms with Gasteiger partial charge in [-0.15, -0.1) is 0 Å². The minimum Gasteiger partial charge on any atom is -0.497 e. The van der Waals surface area contributed by atoms with E-state index in [1.165, 1.54) is 5.56 Å². The molecule has 1 N–H and O–H groups in total. The lowest BCUT2D eigenvalue weighted by atomic mass is 10.2. The summed E-state index contributed by atoms with van der Waals surface area (Å²) in [6.07, 6.45) is 4.33. The summed E-state index contributed by atoms with van der Waals surface area (Å²) in [6.45, 7) is 4.39. The molecule has 6 nitrogen and oxygen atoms in total. The average Bonchev–Trinajstić information content (AvgIpc) is 2.78. The van der Waals surface area contributed by atoms with E-state index in [0.29, 0.717) is 5.75 Å². The van der Waals surface area contributed by atoms with Gasteiger partial charge in [-0.2, -0.15) is 0 Å². The number of piperazine rings is 1. The topological polar surface area (TPSA) is 54.0 Å². The zero-order valence-corrected chi connectivity index (χ0v) is 17.1. The summed E-state index contributed by atoms with van der Waals surface area (Å²) >= 11 is 0. The monoisotopic (exact) mass is 395 g/mol. The summed E-state index contributed by atoms with van der Waals surface area (Å²) in [5, 5.41) is 3.18. The first-order chi connectivity index (χ1) is 14.2. The summed E-state index contributed by atoms with van der Waals surface area (Å²) in [7, 11) is 3.23. The van der Waals surface area contributed by atoms with Gasteiger partial charge in [0.15, 0.2) is 0 Å². The first kappa shape index (κ1) is 20.7. The second-order valence-electron chi connectivity index (χ2n) is 6.91. The number of methoxy groups -OCH3 is 2. The molecule has 154 valence electrons. The van der Waals surface area contributed by atoms with Gasteiger partial charge in [0.2, 0.25) is 5.91 Å². The Morgan fingerprint density at radius 2 is 1.79 bits per heavy atom. The molecule has 0 aliphatic carbocycles. The van der Waals surface area contributed by atoms with Crippen LogP contribution < -0.4 is 14.8 Å². The molecule has 0 spiro atoms. The third kappa shape index (κ3) is 5.99. The summed E-state index contributed by atoms with van der Waals surface area (Å²) in [5.41, 5.74) is 1.96. The van der Waals surface area contributed by atoms with Crippen molar-refractivity contribution in [1.29, 1.82) is 0 Å². The molecule has 3 rings (SSSR count). The number of anilines is 1. The van der Waals surface area contributed by atoms with E-state index in [4.69, 9.17) is 9.47 Å². The van der Waals surface area contributed by atoms with Gasteiger partial charge in [0.05, 0.1) is 26.5 Å². The van der Waals surface area contributed by atoms with Crippen molar-refractivity contribution in [3.05, 3.63) is 60.2 Å². The van der Waals surface area contributed by atoms with Crippen molar-refractivity contribution in [1.82, 2.24) is 9.80 Å². The number of hydrogen-bond acceptors (Lipinski definition) is 5. The zero-order chi connectivity index (χ0) is 20.5. The number of benzene rings is 2. The summed E-state index contributed by atoms with van der Waals surface area (Å²) < 4.78 is 10.6. The first-order valence-corrected chi connectivity index (χ1v) is 9.87. The van der Waals surface area contributed by atoms with E-state index in [9.17, 15) is 4.79 Å². The van der Waals surface area contributed by atoms with Gasteiger partial charge in [-0.25, -0.2) is 0 Å². The Labute approximate surface area is 172 Å². The maximum atomic E-state index is 12.6. The minimum absolute atomic E-state index is 0.0920. The molecule has 2 aromatic rings. The number of carbonyl (C=O) groups is 1. The molecule has 1 aliphatic rings. The summed E-state index contributed by atoms with van der Waals surface area (Å²) in [5.74, 6) is 1.50. The highest BCUT2D eigenvalue weighted by molar-refractivity contribution is 5.81. The average molecular weight is 396 g/mol. The molecule has 1 aliphatic heterocycles. The lowest BCUT2D eigenvalue weighted by molar-refractivity contribution is -0.130. The quantitative estimate of drug-likeness (QED) is 0.745. The Bertz CT molecular complexity index is 815. The first-order valence-electron chi connectivity index (χ1n) is 9.87. The van der Waals surface area contributed by atoms with Crippen LogP contribution in [0.2, 0.25) is 0 Å². The molecular formula is C23H29N3O3. The number of amides is 1. The molecular weight excluding hydrogens is 366 g/mol. The maximum absolute atomic E-state index is 12.6. The Balaban J connectivity index is 1.44. The zero-order valence-electron chi connectivity index (χ0n) is 17.1. The predicted octanol–water partition coefficient (Wildman–Crippen LogP) is 2.97. The van der Waals surface area contributed by atoms with Gasteiger partial charge in [0, 0.05) is 38.8 Å². The Kier molecular flexibility index (Phi) is 7.53. The summed E-state index contributed by atoms with van der Waals surface area (Å²) in [6, 6.07) is 15.8. The van der Waals surface area contributed by atoms with Crippen molar-refractivity contribution < 1.29 is 14.3 Å². The van der Waals surface area contributed by atoms with E-state index < -0.39 is 0 Å². The van der Waals surface area contributed by atoms with E-state index in [2.05, 4.69) is 34.5 Å². The highest BCUT2D eigenvalue weighted by atomic mass is 16.5. The van der Waals surface area contributed by atoms with Crippen LogP contribution in [0, 0.1) is 0 Å². The third-order valence-electron chi connectivity index (χ3n) is 5.04. The van der Waals surface area contributed by atoms with Crippen molar-refractivity contribution in [2.45, 2.75) is 0 Å². The van der Waals surface area contributed by atoms with Crippen LogP contribution in [0.3, 0.4) is 0 Å². The molecule has 0 aromatic heterocycles. The molecule has 1 saturated heterocycles. The standard InChI is InChI=1S/C23H29N3O3/c1-28-20-10-11-22(29-2)21(17-20)24-18-23(27)26-15-13-25(14-16-26)12-6-9-19-7-4-3-5-8-19/h3-11,17,24H,12-16,18H2,1-2H3/b9-6+. The smallest absolute Gasteiger partial charge is 0.241 e. The van der Waals surface area contributed by atoms with E-state index in [-0.39, 0.29) is 12.5 Å². The highest BCUT2D eigenvalue weighted by Gasteiger charge is 2.20. The molecule has 0 radical (unpaired) electrons. The number of carbonyl (C=O) groups excluding carboxylic acids is 1. The molecule has 6 heteroatoms. The molecule has 0 bridgehead atoms. The Morgan fingerprint density at radius 3 is 2.48 bits per heavy atom. The molecule has 0 atom stereocenters. The molecule has 1 heterocycles. The van der Waals surface area contributed by atoms with Crippen LogP contribution in [-0.4, -0.2) is 69.2 Å². The van der Waals surface area contributed by atoms with Crippen LogP contribution in [-0.2, 0) is 4.79 Å². The second kappa shape index (κ2) is 10.5. The fourth-order valence-corrected chi connectivity index (χ4v) is 3.32. The van der Waals surface area contributed by atoms with Crippen molar-refractivity contribution in [2.75, 3.05) is 58.8 Å². The number of nitrogens with one attached hydrogen (secondary N) is 1. The fraction of sp³-hybridized carbons (Fsp3) is 0.348. The van der Waals surface area contributed by atoms with E-state index in [0.717, 1.165) is 44.2 Å². The molecule has 2 aromatic carbocycles. The van der Waals surface area contributed by atoms with E-state index in [1.54, 1.807) is 14.2 Å². The van der Waals surface area contributed by atoms with Crippen LogP contribution >= 0.6 is 0 Å². The van der Waals surface area contributed by atoms with Gasteiger partial charge in [-0.1, -0.05) is 42.5 Å². The maximum Gasteiger partial charge on any atom is 0.241 e. The number of ether oxygens (including phenoxy) is 2. The van der Waals surface area contributed by atoms with Gasteiger partial charge in [-0.3, -0.25) is 9.69 Å². The Morgan fingerprint density at radius 1 is 1.03 bits per heavy atom. The van der Waals surface area contributed by atoms with Crippen LogP contribution in [0.15, 0.2) is 54.6 Å². The summed E-state index contributed by atoms with van der Waals surface area (Å²) in [4.78, 5) is 16.9. The van der Waals surface area contributed by atoms with Crippen molar-refractivity contribution >= 4 is 17.7 Å². The van der Waals surface area contributed by atoms with Gasteiger partial charge < -0.3 is 19.7 Å². The largest absolute Gasteiger partial charge is 0.497 e. The highest BCUT2D eigenvalue weighted by Crippen LogP contribution is 2.28. The van der Waals surface area contributed by atoms with Gasteiger partial charge in [0.25, 0.3) is 0 Å². The van der Waals surface area contributed by atoms with Crippen molar-refractivity contribution in [3.8, 4) is 11.5 Å². The van der Waals surface area contributed by atoms with Gasteiger partial charge >= 0.3 is 0 Å². The Hall–Kier alpha value is -2.99. The molecule has 1 fully saturated rings. The van der Waals surface area contributed by atoms with Crippen LogP contribution in [0.4, 0.5) is 5.69 Å². The second-order valence-corrected chi connectivity index (χ2v) is 6.91. The fourth-order valence-electron chi connectivity index (χ4n) is 3.32. The van der Waals surface area contributed by atoms with Crippen LogP contribution in [0.5, 0.6) is 11.5 Å². The molecule has 1 amide bonds.